The largest absolute Gasteiger partial charge is 0.769 e. The Morgan fingerprint density at radius 2 is 2.00 bits per heavy atom. The van der Waals surface area contributed by atoms with Crippen molar-refractivity contribution in [3.8, 4) is 0 Å². The summed E-state index contributed by atoms with van der Waals surface area (Å²) in [6.45, 7) is 1.19. The number of hydrogen-bond donors (Lipinski definition) is 6. The number of benzene rings is 1. The molecule has 0 aromatic heterocycles. The van der Waals surface area contributed by atoms with Crippen molar-refractivity contribution in [2.45, 2.75) is 11.8 Å². The van der Waals surface area contributed by atoms with Gasteiger partial charge in [0.25, 0.3) is 5.91 Å². The molecule has 23 heavy (non-hydrogen) atoms. The minimum Gasteiger partial charge on any atom is -0.769 e. The number of aliphatic hydroxyl groups excluding tert-OH is 1. The Morgan fingerprint density at radius 3 is 2.43 bits per heavy atom. The summed E-state index contributed by atoms with van der Waals surface area (Å²) in [4.78, 5) is 11.0. The SMILES string of the molecule is CNC(=O)C(N=Nc1ccc(S([O-])(O)O)cc1[NH+]([O-])O)=C(C)O. The first-order valence-electron chi connectivity index (χ1n) is 5.98. The Morgan fingerprint density at radius 1 is 1.39 bits per heavy atom. The molecule has 1 rings (SSSR count). The van der Waals surface area contributed by atoms with E-state index in [0.717, 1.165) is 18.2 Å². The van der Waals surface area contributed by atoms with Crippen LogP contribution in [0.15, 0.2) is 44.8 Å². The number of nitrogens with zero attached hydrogens (tertiary/aromatic N) is 2. The van der Waals surface area contributed by atoms with Gasteiger partial charge in [-0.15, -0.1) is 10.2 Å². The van der Waals surface area contributed by atoms with E-state index in [0.29, 0.717) is 0 Å². The number of quaternary nitrogens is 1. The lowest BCUT2D eigenvalue weighted by Gasteiger charge is -2.33. The van der Waals surface area contributed by atoms with Gasteiger partial charge in [-0.1, -0.05) is 10.9 Å². The Kier molecular flexibility index (Phi) is 6.17. The zero-order valence-electron chi connectivity index (χ0n) is 12.0. The number of allylic oxidation sites excluding steroid dienone is 1. The number of aliphatic hydroxyl groups is 1. The number of nitrogens with one attached hydrogen (secondary N) is 2. The van der Waals surface area contributed by atoms with Crippen LogP contribution < -0.4 is 10.5 Å². The lowest BCUT2D eigenvalue weighted by molar-refractivity contribution is -0.991. The summed E-state index contributed by atoms with van der Waals surface area (Å²) in [6, 6.07) is 2.77. The molecular weight excluding hydrogens is 332 g/mol. The van der Waals surface area contributed by atoms with Crippen molar-refractivity contribution in [3.63, 3.8) is 0 Å². The highest BCUT2D eigenvalue weighted by molar-refractivity contribution is 8.19. The van der Waals surface area contributed by atoms with Crippen molar-refractivity contribution in [2.75, 3.05) is 7.05 Å². The zero-order valence-corrected chi connectivity index (χ0v) is 12.9. The van der Waals surface area contributed by atoms with Crippen molar-refractivity contribution >= 4 is 28.2 Å². The fourth-order valence-electron chi connectivity index (χ4n) is 1.44. The van der Waals surface area contributed by atoms with Crippen molar-refractivity contribution in [1.29, 1.82) is 0 Å². The van der Waals surface area contributed by atoms with Gasteiger partial charge in [0, 0.05) is 18.0 Å². The van der Waals surface area contributed by atoms with E-state index < -0.39 is 44.0 Å². The molecule has 12 heteroatoms. The van der Waals surface area contributed by atoms with Gasteiger partial charge < -0.3 is 29.3 Å². The zero-order chi connectivity index (χ0) is 17.8. The van der Waals surface area contributed by atoms with Gasteiger partial charge in [0.15, 0.2) is 11.4 Å². The predicted octanol–water partition coefficient (Wildman–Crippen LogP) is 0.949. The molecule has 1 atom stereocenters. The maximum Gasteiger partial charge on any atom is 0.275 e. The predicted molar refractivity (Wildman–Crippen MR) is 78.0 cm³/mol. The molecule has 11 nitrogen and oxygen atoms in total. The minimum absolute atomic E-state index is 0.243. The third-order valence-electron chi connectivity index (χ3n) is 2.55. The normalized spacial score (nSPS) is 15.3. The fraction of sp³-hybridized carbons (Fsp3) is 0.182. The van der Waals surface area contributed by atoms with Gasteiger partial charge in [-0.05, 0) is 19.1 Å². The van der Waals surface area contributed by atoms with Gasteiger partial charge in [-0.2, -0.15) is 5.23 Å². The Balaban J connectivity index is 3.31. The molecule has 1 amide bonds. The van der Waals surface area contributed by atoms with Gasteiger partial charge in [-0.3, -0.25) is 4.79 Å². The smallest absolute Gasteiger partial charge is 0.275 e. The van der Waals surface area contributed by atoms with Crippen LogP contribution in [0.3, 0.4) is 0 Å². The van der Waals surface area contributed by atoms with E-state index in [9.17, 15) is 19.7 Å². The van der Waals surface area contributed by atoms with Gasteiger partial charge in [0.05, 0.1) is 0 Å². The average molecular weight is 347 g/mol. The molecule has 0 aliphatic rings. The standard InChI is InChI=1S/C11H16N4O7S/c1-6(16)10(11(17)12-2)14-13-8-4-3-7(23(20,21)22)5-9(8)15(18)19/h3-5,15-16,18,20-22H,1-2H3,(H,12,17)/p-1. The van der Waals surface area contributed by atoms with Crippen LogP contribution in [0, 0.1) is 5.21 Å². The van der Waals surface area contributed by atoms with Crippen LogP contribution in [0.2, 0.25) is 0 Å². The summed E-state index contributed by atoms with van der Waals surface area (Å²) in [5, 5.41) is 37.4. The molecule has 0 saturated carbocycles. The van der Waals surface area contributed by atoms with Crippen molar-refractivity contribution in [1.82, 2.24) is 5.32 Å². The number of rotatable bonds is 5. The Hall–Kier alpha value is -2.06. The number of amides is 1. The molecule has 0 radical (unpaired) electrons. The second-order valence-corrected chi connectivity index (χ2v) is 5.66. The topological polar surface area (TPSA) is 185 Å². The lowest BCUT2D eigenvalue weighted by Crippen LogP contribution is -2.99. The average Bonchev–Trinajstić information content (AvgIpc) is 2.45. The monoisotopic (exact) mass is 347 g/mol. The Labute approximate surface area is 132 Å². The molecule has 0 aliphatic heterocycles. The quantitative estimate of drug-likeness (QED) is 0.198. The summed E-state index contributed by atoms with van der Waals surface area (Å²) in [6.07, 6.45) is 0. The summed E-state index contributed by atoms with van der Waals surface area (Å²) in [5.41, 5.74) is -1.19. The summed E-state index contributed by atoms with van der Waals surface area (Å²) >= 11 is 0. The number of likely N-dealkylation sites (N-methyl/N-ethyl adjacent to an activating group) is 1. The molecule has 1 aromatic carbocycles. The molecule has 0 aliphatic carbocycles. The first kappa shape index (κ1) is 19.0. The number of carbonyl (C=O) groups excluding carboxylic acids is 1. The van der Waals surface area contributed by atoms with Crippen LogP contribution in [0.5, 0.6) is 0 Å². The van der Waals surface area contributed by atoms with Crippen LogP contribution in [-0.4, -0.2) is 36.9 Å². The van der Waals surface area contributed by atoms with E-state index in [1.807, 2.05) is 0 Å². The highest BCUT2D eigenvalue weighted by Crippen LogP contribution is 2.45. The first-order valence-corrected chi connectivity index (χ1v) is 7.45. The molecule has 0 bridgehead atoms. The van der Waals surface area contributed by atoms with Gasteiger partial charge in [0.1, 0.15) is 11.4 Å². The molecule has 6 N–H and O–H groups in total. The van der Waals surface area contributed by atoms with E-state index in [2.05, 4.69) is 15.5 Å². The van der Waals surface area contributed by atoms with Gasteiger partial charge >= 0.3 is 0 Å². The van der Waals surface area contributed by atoms with Gasteiger partial charge in [0.2, 0.25) is 0 Å². The summed E-state index contributed by atoms with van der Waals surface area (Å²) in [7, 11) is -3.03. The highest BCUT2D eigenvalue weighted by Gasteiger charge is 2.16. The highest BCUT2D eigenvalue weighted by atomic mass is 32.3. The second kappa shape index (κ2) is 7.47. The molecule has 0 saturated heterocycles. The van der Waals surface area contributed by atoms with E-state index in [1.165, 1.54) is 14.0 Å². The molecule has 128 valence electrons. The number of carbonyl (C=O) groups is 1. The van der Waals surface area contributed by atoms with Crippen molar-refractivity contribution in [2.24, 2.45) is 10.2 Å². The maximum absolute atomic E-state index is 11.5. The van der Waals surface area contributed by atoms with Crippen LogP contribution in [-0.2, 0) is 4.79 Å². The summed E-state index contributed by atoms with van der Waals surface area (Å²) in [5.74, 6) is -1.17. The van der Waals surface area contributed by atoms with Crippen LogP contribution in [0.25, 0.3) is 0 Å². The first-order chi connectivity index (χ1) is 10.6. The minimum atomic E-state index is -4.34. The number of hydrogen-bond acceptors (Lipinski definition) is 9. The van der Waals surface area contributed by atoms with Crippen molar-refractivity contribution in [3.05, 3.63) is 34.9 Å². The maximum atomic E-state index is 11.5. The van der Waals surface area contributed by atoms with E-state index in [4.69, 9.17) is 14.3 Å². The molecule has 1 unspecified atom stereocenters. The third kappa shape index (κ3) is 4.97. The van der Waals surface area contributed by atoms with E-state index >= 15 is 0 Å². The fourth-order valence-corrected chi connectivity index (χ4v) is 1.96. The van der Waals surface area contributed by atoms with Crippen LogP contribution >= 0.6 is 10.9 Å². The van der Waals surface area contributed by atoms with Gasteiger partial charge in [-0.25, -0.2) is 5.21 Å². The van der Waals surface area contributed by atoms with Crippen LogP contribution in [0.4, 0.5) is 11.4 Å². The number of azo groups is 1. The Bertz CT molecular complexity index is 650. The van der Waals surface area contributed by atoms with Crippen LogP contribution in [0.1, 0.15) is 6.92 Å². The molecular formula is C11H15N4O7S-. The molecule has 0 spiro atoms. The van der Waals surface area contributed by atoms with Crippen molar-refractivity contribution < 1.29 is 34.0 Å². The molecule has 1 aromatic rings. The third-order valence-corrected chi connectivity index (χ3v) is 3.42. The lowest BCUT2D eigenvalue weighted by atomic mass is 10.3. The van der Waals surface area contributed by atoms with E-state index in [1.54, 1.807) is 0 Å². The summed E-state index contributed by atoms with van der Waals surface area (Å²) < 4.78 is 29.2. The van der Waals surface area contributed by atoms with E-state index in [-0.39, 0.29) is 5.69 Å². The second-order valence-electron chi connectivity index (χ2n) is 4.19. The molecule has 0 heterocycles. The molecule has 0 fully saturated rings.